The van der Waals surface area contributed by atoms with Gasteiger partial charge >= 0.3 is 0 Å². The molecule has 1 saturated carbocycles. The lowest BCUT2D eigenvalue weighted by Gasteiger charge is -2.27. The lowest BCUT2D eigenvalue weighted by Crippen LogP contribution is -2.33. The third kappa shape index (κ3) is 2.85. The van der Waals surface area contributed by atoms with Crippen LogP contribution >= 0.6 is 0 Å². The molecule has 16 heavy (non-hydrogen) atoms. The van der Waals surface area contributed by atoms with E-state index in [4.69, 9.17) is 15.2 Å². The van der Waals surface area contributed by atoms with E-state index in [0.29, 0.717) is 5.88 Å². The van der Waals surface area contributed by atoms with Gasteiger partial charge in [-0.1, -0.05) is 0 Å². The van der Waals surface area contributed by atoms with Crippen LogP contribution in [-0.4, -0.2) is 24.2 Å². The van der Waals surface area contributed by atoms with Crippen LogP contribution in [0.5, 0.6) is 11.6 Å². The number of hydrogen-bond donors (Lipinski definition) is 1. The monoisotopic (exact) mass is 222 g/mol. The molecule has 4 heteroatoms. The van der Waals surface area contributed by atoms with Crippen LogP contribution in [-0.2, 0) is 0 Å². The predicted octanol–water partition coefficient (Wildman–Crippen LogP) is 1.74. The molecule has 1 aromatic rings. The molecule has 2 rings (SSSR count). The number of nitrogens with two attached hydrogens (primary N) is 1. The largest absolute Gasteiger partial charge is 0.490 e. The molecule has 4 nitrogen and oxygen atoms in total. The van der Waals surface area contributed by atoms with Crippen molar-refractivity contribution in [1.82, 2.24) is 4.98 Å². The van der Waals surface area contributed by atoms with Gasteiger partial charge in [-0.15, -0.1) is 0 Å². The van der Waals surface area contributed by atoms with Gasteiger partial charge in [0.25, 0.3) is 0 Å². The molecule has 0 bridgehead atoms. The first-order valence-electron chi connectivity index (χ1n) is 5.70. The Morgan fingerprint density at radius 3 is 3.06 bits per heavy atom. The summed E-state index contributed by atoms with van der Waals surface area (Å²) < 4.78 is 10.9. The average molecular weight is 222 g/mol. The summed E-state index contributed by atoms with van der Waals surface area (Å²) in [4.78, 5) is 4.04. The Labute approximate surface area is 95.8 Å². The number of rotatable bonds is 3. The van der Waals surface area contributed by atoms with Crippen LogP contribution in [0.4, 0.5) is 0 Å². The van der Waals surface area contributed by atoms with Crippen LogP contribution in [0.1, 0.15) is 25.7 Å². The zero-order valence-electron chi connectivity index (χ0n) is 9.56. The summed E-state index contributed by atoms with van der Waals surface area (Å²) in [6, 6.07) is 3.94. The van der Waals surface area contributed by atoms with Gasteiger partial charge in [-0.3, -0.25) is 0 Å². The predicted molar refractivity (Wildman–Crippen MR) is 61.6 cm³/mol. The highest BCUT2D eigenvalue weighted by atomic mass is 16.5. The van der Waals surface area contributed by atoms with Gasteiger partial charge in [-0.2, -0.15) is 0 Å². The van der Waals surface area contributed by atoms with Crippen LogP contribution in [0.15, 0.2) is 18.3 Å². The van der Waals surface area contributed by atoms with E-state index in [9.17, 15) is 0 Å². The molecule has 2 unspecified atom stereocenters. The molecule has 0 spiro atoms. The minimum Gasteiger partial charge on any atom is -0.490 e. The highest BCUT2D eigenvalue weighted by Gasteiger charge is 2.20. The van der Waals surface area contributed by atoms with Gasteiger partial charge in [-0.05, 0) is 31.7 Å². The molecule has 1 aliphatic carbocycles. The number of ether oxygens (including phenoxy) is 2. The third-order valence-electron chi connectivity index (χ3n) is 2.88. The summed E-state index contributed by atoms with van der Waals surface area (Å²) in [6.45, 7) is 0. The molecule has 2 N–H and O–H groups in total. The van der Waals surface area contributed by atoms with Crippen LogP contribution in [0.25, 0.3) is 0 Å². The topological polar surface area (TPSA) is 57.4 Å². The SMILES string of the molecule is COc1cc(OC2CCCC(N)C2)ccn1. The number of pyridine rings is 1. The highest BCUT2D eigenvalue weighted by Crippen LogP contribution is 2.24. The summed E-state index contributed by atoms with van der Waals surface area (Å²) in [5, 5.41) is 0. The first-order valence-corrected chi connectivity index (χ1v) is 5.70. The summed E-state index contributed by atoms with van der Waals surface area (Å²) in [7, 11) is 1.60. The first kappa shape index (κ1) is 11.2. The van der Waals surface area contributed by atoms with E-state index in [1.165, 1.54) is 0 Å². The van der Waals surface area contributed by atoms with Crippen molar-refractivity contribution in [1.29, 1.82) is 0 Å². The molecule has 1 fully saturated rings. The fourth-order valence-electron chi connectivity index (χ4n) is 2.06. The molecule has 2 atom stereocenters. The molecular weight excluding hydrogens is 204 g/mol. The molecule has 0 radical (unpaired) electrons. The molecule has 0 saturated heterocycles. The van der Waals surface area contributed by atoms with Crippen molar-refractivity contribution in [2.24, 2.45) is 5.73 Å². The zero-order valence-corrected chi connectivity index (χ0v) is 9.56. The second-order valence-electron chi connectivity index (χ2n) is 4.20. The van der Waals surface area contributed by atoms with Crippen LogP contribution < -0.4 is 15.2 Å². The third-order valence-corrected chi connectivity index (χ3v) is 2.88. The van der Waals surface area contributed by atoms with Gasteiger partial charge < -0.3 is 15.2 Å². The summed E-state index contributed by atoms with van der Waals surface area (Å²) >= 11 is 0. The van der Waals surface area contributed by atoms with E-state index >= 15 is 0 Å². The van der Waals surface area contributed by atoms with Crippen LogP contribution in [0, 0.1) is 0 Å². The standard InChI is InChI=1S/C12H18N2O2/c1-15-12-8-11(5-6-14-12)16-10-4-2-3-9(13)7-10/h5-6,8-10H,2-4,7,13H2,1H3. The van der Waals surface area contributed by atoms with Crippen LogP contribution in [0.2, 0.25) is 0 Å². The lowest BCUT2D eigenvalue weighted by molar-refractivity contribution is 0.144. The molecule has 0 amide bonds. The molecular formula is C12H18N2O2. The van der Waals surface area contributed by atoms with Gasteiger partial charge in [-0.25, -0.2) is 4.98 Å². The van der Waals surface area contributed by atoms with Gasteiger partial charge in [0.05, 0.1) is 7.11 Å². The Morgan fingerprint density at radius 2 is 2.31 bits per heavy atom. The minimum absolute atomic E-state index is 0.232. The quantitative estimate of drug-likeness (QED) is 0.846. The summed E-state index contributed by atoms with van der Waals surface area (Å²) in [5.41, 5.74) is 5.92. The number of aromatic nitrogens is 1. The van der Waals surface area contributed by atoms with Gasteiger partial charge in [0.1, 0.15) is 11.9 Å². The molecule has 1 aliphatic rings. The lowest BCUT2D eigenvalue weighted by atomic mass is 9.93. The normalized spacial score (nSPS) is 25.1. The Kier molecular flexibility index (Phi) is 3.62. The Morgan fingerprint density at radius 1 is 1.44 bits per heavy atom. The number of nitrogens with zero attached hydrogens (tertiary/aromatic N) is 1. The zero-order chi connectivity index (χ0) is 11.4. The van der Waals surface area contributed by atoms with Crippen molar-refractivity contribution >= 4 is 0 Å². The van der Waals surface area contributed by atoms with E-state index in [-0.39, 0.29) is 12.1 Å². The van der Waals surface area contributed by atoms with E-state index in [1.807, 2.05) is 6.07 Å². The van der Waals surface area contributed by atoms with Crippen molar-refractivity contribution in [2.75, 3.05) is 7.11 Å². The maximum atomic E-state index is 5.92. The van der Waals surface area contributed by atoms with Gasteiger partial charge in [0.2, 0.25) is 5.88 Å². The van der Waals surface area contributed by atoms with E-state index < -0.39 is 0 Å². The first-order chi connectivity index (χ1) is 7.78. The Bertz CT molecular complexity index is 344. The van der Waals surface area contributed by atoms with Crippen molar-refractivity contribution in [2.45, 2.75) is 37.8 Å². The molecule has 1 heterocycles. The van der Waals surface area contributed by atoms with Crippen molar-refractivity contribution in [3.05, 3.63) is 18.3 Å². The second kappa shape index (κ2) is 5.16. The Balaban J connectivity index is 1.97. The Hall–Kier alpha value is -1.29. The van der Waals surface area contributed by atoms with Gasteiger partial charge in [0.15, 0.2) is 0 Å². The summed E-state index contributed by atoms with van der Waals surface area (Å²) in [5.74, 6) is 1.39. The van der Waals surface area contributed by atoms with Gasteiger partial charge in [0, 0.05) is 18.3 Å². The van der Waals surface area contributed by atoms with E-state index in [0.717, 1.165) is 31.4 Å². The van der Waals surface area contributed by atoms with Crippen LogP contribution in [0.3, 0.4) is 0 Å². The fraction of sp³-hybridized carbons (Fsp3) is 0.583. The van der Waals surface area contributed by atoms with E-state index in [1.54, 1.807) is 19.4 Å². The maximum absolute atomic E-state index is 5.92. The van der Waals surface area contributed by atoms with Crippen molar-refractivity contribution < 1.29 is 9.47 Å². The fourth-order valence-corrected chi connectivity index (χ4v) is 2.06. The number of hydrogen-bond acceptors (Lipinski definition) is 4. The minimum atomic E-state index is 0.232. The number of methoxy groups -OCH3 is 1. The maximum Gasteiger partial charge on any atom is 0.216 e. The highest BCUT2D eigenvalue weighted by molar-refractivity contribution is 5.26. The molecule has 0 aromatic carbocycles. The van der Waals surface area contributed by atoms with Crippen molar-refractivity contribution in [3.63, 3.8) is 0 Å². The molecule has 0 aliphatic heterocycles. The average Bonchev–Trinajstić information content (AvgIpc) is 2.29. The molecule has 1 aromatic heterocycles. The molecule has 88 valence electrons. The van der Waals surface area contributed by atoms with Crippen molar-refractivity contribution in [3.8, 4) is 11.6 Å². The second-order valence-corrected chi connectivity index (χ2v) is 4.20. The smallest absolute Gasteiger partial charge is 0.216 e. The van der Waals surface area contributed by atoms with E-state index in [2.05, 4.69) is 4.98 Å². The summed E-state index contributed by atoms with van der Waals surface area (Å²) in [6.07, 6.45) is 6.20.